The molecule has 2 aromatic rings. The van der Waals surface area contributed by atoms with Gasteiger partial charge in [0.1, 0.15) is 5.82 Å². The van der Waals surface area contributed by atoms with Crippen molar-refractivity contribution in [3.63, 3.8) is 0 Å². The molecule has 0 saturated carbocycles. The maximum atomic E-state index is 13.8. The van der Waals surface area contributed by atoms with Crippen molar-refractivity contribution in [2.75, 3.05) is 0 Å². The molecule has 0 bridgehead atoms. The van der Waals surface area contributed by atoms with Gasteiger partial charge in [-0.1, -0.05) is 16.9 Å². The fourth-order valence-electron chi connectivity index (χ4n) is 1.33. The van der Waals surface area contributed by atoms with Crippen molar-refractivity contribution in [2.24, 2.45) is 10.9 Å². The number of hydrogen-bond donors (Lipinski definition) is 2. The Morgan fingerprint density at radius 1 is 1.28 bits per heavy atom. The molecule has 0 atom stereocenters. The first-order valence-electron chi connectivity index (χ1n) is 5.06. The lowest BCUT2D eigenvalue weighted by atomic mass is 10.2. The summed E-state index contributed by atoms with van der Waals surface area (Å²) in [5.74, 6) is -0.532. The van der Waals surface area contributed by atoms with Crippen molar-refractivity contribution < 1.29 is 9.60 Å². The SMILES string of the molecule is NC(=NO)c1ccc(Sc2ccncc2)c(F)c1. The predicted octanol–water partition coefficient (Wildman–Crippen LogP) is 2.47. The van der Waals surface area contributed by atoms with E-state index < -0.39 is 5.82 Å². The van der Waals surface area contributed by atoms with E-state index in [0.717, 1.165) is 4.90 Å². The second-order valence-electron chi connectivity index (χ2n) is 3.42. The number of aromatic nitrogens is 1. The molecule has 0 radical (unpaired) electrons. The summed E-state index contributed by atoms with van der Waals surface area (Å²) in [6.45, 7) is 0. The van der Waals surface area contributed by atoms with Crippen molar-refractivity contribution in [2.45, 2.75) is 9.79 Å². The summed E-state index contributed by atoms with van der Waals surface area (Å²) < 4.78 is 13.8. The van der Waals surface area contributed by atoms with Crippen LogP contribution in [0.2, 0.25) is 0 Å². The van der Waals surface area contributed by atoms with E-state index >= 15 is 0 Å². The van der Waals surface area contributed by atoms with Crippen LogP contribution >= 0.6 is 11.8 Å². The van der Waals surface area contributed by atoms with Crippen LogP contribution in [0.1, 0.15) is 5.56 Å². The summed E-state index contributed by atoms with van der Waals surface area (Å²) in [4.78, 5) is 5.25. The molecule has 0 fully saturated rings. The molecule has 0 aliphatic carbocycles. The molecule has 1 aromatic carbocycles. The quantitative estimate of drug-likeness (QED) is 0.386. The highest BCUT2D eigenvalue weighted by molar-refractivity contribution is 7.99. The molecule has 6 heteroatoms. The van der Waals surface area contributed by atoms with Crippen LogP contribution in [0.15, 0.2) is 57.7 Å². The van der Waals surface area contributed by atoms with Gasteiger partial charge < -0.3 is 10.9 Å². The van der Waals surface area contributed by atoms with E-state index in [4.69, 9.17) is 10.9 Å². The van der Waals surface area contributed by atoms with Gasteiger partial charge in [-0.2, -0.15) is 0 Å². The molecule has 0 aliphatic heterocycles. The van der Waals surface area contributed by atoms with Crippen LogP contribution in [-0.2, 0) is 0 Å². The van der Waals surface area contributed by atoms with Crippen LogP contribution in [-0.4, -0.2) is 16.0 Å². The van der Waals surface area contributed by atoms with E-state index in [1.165, 1.54) is 17.8 Å². The van der Waals surface area contributed by atoms with Gasteiger partial charge in [0.15, 0.2) is 5.84 Å². The summed E-state index contributed by atoms with van der Waals surface area (Å²) in [5, 5.41) is 11.3. The Balaban J connectivity index is 2.26. The molecule has 4 nitrogen and oxygen atoms in total. The summed E-state index contributed by atoms with van der Waals surface area (Å²) in [5.41, 5.74) is 5.73. The fourth-order valence-corrected chi connectivity index (χ4v) is 2.14. The van der Waals surface area contributed by atoms with Crippen LogP contribution < -0.4 is 5.73 Å². The molecule has 0 aliphatic rings. The van der Waals surface area contributed by atoms with Crippen LogP contribution in [0.25, 0.3) is 0 Å². The summed E-state index contributed by atoms with van der Waals surface area (Å²) in [7, 11) is 0. The third-order valence-corrected chi connectivity index (χ3v) is 3.27. The third-order valence-electron chi connectivity index (χ3n) is 2.21. The minimum atomic E-state index is -0.416. The standard InChI is InChI=1S/C12H10FN3OS/c13-10-7-8(12(14)16-17)1-2-11(10)18-9-3-5-15-6-4-9/h1-7,17H,(H2,14,16). The number of hydrogen-bond acceptors (Lipinski definition) is 4. The summed E-state index contributed by atoms with van der Waals surface area (Å²) >= 11 is 1.28. The molecule has 18 heavy (non-hydrogen) atoms. The molecule has 0 saturated heterocycles. The molecule has 1 aromatic heterocycles. The normalized spacial score (nSPS) is 11.5. The Bertz CT molecular complexity index is 575. The molecule has 0 amide bonds. The number of amidine groups is 1. The first-order valence-corrected chi connectivity index (χ1v) is 5.87. The van der Waals surface area contributed by atoms with Crippen LogP contribution in [0.4, 0.5) is 4.39 Å². The van der Waals surface area contributed by atoms with Crippen molar-refractivity contribution in [3.8, 4) is 0 Å². The average Bonchev–Trinajstić information content (AvgIpc) is 2.41. The lowest BCUT2D eigenvalue weighted by Crippen LogP contribution is -2.13. The Kier molecular flexibility index (Phi) is 3.78. The summed E-state index contributed by atoms with van der Waals surface area (Å²) in [6.07, 6.45) is 3.29. The number of nitrogens with zero attached hydrogens (tertiary/aromatic N) is 2. The topological polar surface area (TPSA) is 71.5 Å². The largest absolute Gasteiger partial charge is 0.409 e. The van der Waals surface area contributed by atoms with Gasteiger partial charge in [-0.05, 0) is 30.3 Å². The van der Waals surface area contributed by atoms with Crippen LogP contribution in [0.5, 0.6) is 0 Å². The van der Waals surface area contributed by atoms with E-state index in [0.29, 0.717) is 10.5 Å². The number of halogens is 1. The maximum Gasteiger partial charge on any atom is 0.170 e. The van der Waals surface area contributed by atoms with Gasteiger partial charge in [0, 0.05) is 27.7 Å². The molecule has 1 heterocycles. The first kappa shape index (κ1) is 12.4. The van der Waals surface area contributed by atoms with Crippen molar-refractivity contribution in [3.05, 3.63) is 54.1 Å². The molecule has 0 spiro atoms. The predicted molar refractivity (Wildman–Crippen MR) is 67.3 cm³/mol. The highest BCUT2D eigenvalue weighted by Crippen LogP contribution is 2.29. The number of oxime groups is 1. The smallest absolute Gasteiger partial charge is 0.170 e. The van der Waals surface area contributed by atoms with E-state index in [2.05, 4.69) is 10.1 Å². The van der Waals surface area contributed by atoms with Crippen molar-refractivity contribution in [1.82, 2.24) is 4.98 Å². The van der Waals surface area contributed by atoms with Gasteiger partial charge in [0.2, 0.25) is 0 Å². The fraction of sp³-hybridized carbons (Fsp3) is 0. The van der Waals surface area contributed by atoms with E-state index in [1.807, 2.05) is 0 Å². The van der Waals surface area contributed by atoms with Crippen LogP contribution in [0.3, 0.4) is 0 Å². The van der Waals surface area contributed by atoms with E-state index in [-0.39, 0.29) is 5.84 Å². The maximum absolute atomic E-state index is 13.8. The lowest BCUT2D eigenvalue weighted by molar-refractivity contribution is 0.318. The second-order valence-corrected chi connectivity index (χ2v) is 4.53. The number of pyridine rings is 1. The Morgan fingerprint density at radius 2 is 2.00 bits per heavy atom. The molecular weight excluding hydrogens is 253 g/mol. The Morgan fingerprint density at radius 3 is 2.61 bits per heavy atom. The minimum absolute atomic E-state index is 0.116. The lowest BCUT2D eigenvalue weighted by Gasteiger charge is -2.05. The highest BCUT2D eigenvalue weighted by Gasteiger charge is 2.07. The van der Waals surface area contributed by atoms with Gasteiger partial charge >= 0.3 is 0 Å². The van der Waals surface area contributed by atoms with Crippen molar-refractivity contribution in [1.29, 1.82) is 0 Å². The summed E-state index contributed by atoms with van der Waals surface area (Å²) in [6, 6.07) is 8.01. The number of rotatable bonds is 3. The Hall–Kier alpha value is -2.08. The van der Waals surface area contributed by atoms with Gasteiger partial charge in [0.25, 0.3) is 0 Å². The first-order chi connectivity index (χ1) is 8.70. The molecule has 0 unspecified atom stereocenters. The van der Waals surface area contributed by atoms with Gasteiger partial charge in [-0.25, -0.2) is 4.39 Å². The second kappa shape index (κ2) is 5.50. The molecule has 3 N–H and O–H groups in total. The minimum Gasteiger partial charge on any atom is -0.409 e. The Labute approximate surface area is 107 Å². The van der Waals surface area contributed by atoms with Gasteiger partial charge in [-0.3, -0.25) is 4.98 Å². The monoisotopic (exact) mass is 263 g/mol. The third kappa shape index (κ3) is 2.78. The zero-order chi connectivity index (χ0) is 13.0. The highest BCUT2D eigenvalue weighted by atomic mass is 32.2. The molecule has 2 rings (SSSR count). The molecular formula is C12H10FN3OS. The van der Waals surface area contributed by atoms with Crippen LogP contribution in [0, 0.1) is 5.82 Å². The number of benzene rings is 1. The van der Waals surface area contributed by atoms with Crippen molar-refractivity contribution >= 4 is 17.6 Å². The van der Waals surface area contributed by atoms with Gasteiger partial charge in [0.05, 0.1) is 0 Å². The zero-order valence-corrected chi connectivity index (χ0v) is 10.1. The zero-order valence-electron chi connectivity index (χ0n) is 9.25. The molecule has 92 valence electrons. The average molecular weight is 263 g/mol. The van der Waals surface area contributed by atoms with Gasteiger partial charge in [-0.15, -0.1) is 0 Å². The van der Waals surface area contributed by atoms with E-state index in [1.54, 1.807) is 36.7 Å². The van der Waals surface area contributed by atoms with E-state index in [9.17, 15) is 4.39 Å². The number of nitrogens with two attached hydrogens (primary N) is 1.